The Morgan fingerprint density at radius 2 is 1.90 bits per heavy atom. The van der Waals surface area contributed by atoms with Crippen LogP contribution in [0.25, 0.3) is 0 Å². The zero-order valence-corrected chi connectivity index (χ0v) is 13.3. The lowest BCUT2D eigenvalue weighted by Crippen LogP contribution is -2.04. The Hall–Kier alpha value is -2.03. The van der Waals surface area contributed by atoms with E-state index < -0.39 is 0 Å². The summed E-state index contributed by atoms with van der Waals surface area (Å²) >= 11 is 3.47. The maximum atomic E-state index is 9.02. The molecule has 0 aliphatic heterocycles. The van der Waals surface area contributed by atoms with Crippen LogP contribution < -0.4 is 15.2 Å². The molecule has 0 fully saturated rings. The lowest BCUT2D eigenvalue weighted by Gasteiger charge is -2.12. The molecule has 0 amide bonds. The van der Waals surface area contributed by atoms with Gasteiger partial charge in [-0.2, -0.15) is 5.26 Å². The molecule has 1 atom stereocenters. The van der Waals surface area contributed by atoms with E-state index in [-0.39, 0.29) is 6.04 Å². The molecule has 2 rings (SSSR count). The second-order valence-corrected chi connectivity index (χ2v) is 5.44. The summed E-state index contributed by atoms with van der Waals surface area (Å²) in [6.45, 7) is 1.92. The van der Waals surface area contributed by atoms with Crippen LogP contribution >= 0.6 is 15.9 Å². The Morgan fingerprint density at radius 3 is 2.48 bits per heavy atom. The first-order valence-electron chi connectivity index (χ1n) is 6.35. The van der Waals surface area contributed by atoms with E-state index in [0.717, 1.165) is 10.0 Å². The Bertz CT molecular complexity index is 693. The molecule has 0 bridgehead atoms. The minimum absolute atomic E-state index is 0.0441. The van der Waals surface area contributed by atoms with Gasteiger partial charge in [-0.1, -0.05) is 6.07 Å². The molecule has 0 radical (unpaired) electrons. The molecule has 0 saturated heterocycles. The van der Waals surface area contributed by atoms with Gasteiger partial charge in [-0.3, -0.25) is 0 Å². The third-order valence-corrected chi connectivity index (χ3v) is 3.57. The van der Waals surface area contributed by atoms with E-state index in [2.05, 4.69) is 22.0 Å². The van der Waals surface area contributed by atoms with Crippen LogP contribution in [0.1, 0.15) is 24.1 Å². The first kappa shape index (κ1) is 15.4. The van der Waals surface area contributed by atoms with E-state index in [0.29, 0.717) is 22.8 Å². The van der Waals surface area contributed by atoms with Crippen LogP contribution in [0.15, 0.2) is 40.9 Å². The van der Waals surface area contributed by atoms with Crippen LogP contribution in [0.5, 0.6) is 17.2 Å². The van der Waals surface area contributed by atoms with Crippen LogP contribution in [-0.4, -0.2) is 7.11 Å². The van der Waals surface area contributed by atoms with E-state index in [1.54, 1.807) is 25.3 Å². The Balaban J connectivity index is 2.32. The molecule has 0 heterocycles. The van der Waals surface area contributed by atoms with Gasteiger partial charge in [-0.05, 0) is 52.7 Å². The van der Waals surface area contributed by atoms with Crippen LogP contribution in [0, 0.1) is 11.3 Å². The van der Waals surface area contributed by atoms with Gasteiger partial charge in [0.25, 0.3) is 0 Å². The van der Waals surface area contributed by atoms with Crippen molar-refractivity contribution in [1.82, 2.24) is 0 Å². The first-order valence-corrected chi connectivity index (χ1v) is 7.15. The van der Waals surface area contributed by atoms with E-state index in [4.69, 9.17) is 20.5 Å². The van der Waals surface area contributed by atoms with Gasteiger partial charge >= 0.3 is 0 Å². The molecule has 5 heteroatoms. The van der Waals surface area contributed by atoms with E-state index in [1.807, 2.05) is 25.1 Å². The second kappa shape index (κ2) is 6.61. The quantitative estimate of drug-likeness (QED) is 0.902. The fraction of sp³-hybridized carbons (Fsp3) is 0.188. The third-order valence-electron chi connectivity index (χ3n) is 2.95. The van der Waals surface area contributed by atoms with Crippen LogP contribution in [-0.2, 0) is 0 Å². The summed E-state index contributed by atoms with van der Waals surface area (Å²) in [6.07, 6.45) is 0. The molecule has 0 aliphatic carbocycles. The highest BCUT2D eigenvalue weighted by Gasteiger charge is 2.08. The van der Waals surface area contributed by atoms with Crippen molar-refractivity contribution in [3.05, 3.63) is 52.0 Å². The van der Waals surface area contributed by atoms with Crippen molar-refractivity contribution in [3.8, 4) is 23.3 Å². The molecule has 2 N–H and O–H groups in total. The normalized spacial score (nSPS) is 11.6. The van der Waals surface area contributed by atoms with Crippen molar-refractivity contribution in [3.63, 3.8) is 0 Å². The monoisotopic (exact) mass is 346 g/mol. The summed E-state index contributed by atoms with van der Waals surface area (Å²) in [6, 6.07) is 12.8. The van der Waals surface area contributed by atoms with Gasteiger partial charge in [0.05, 0.1) is 23.2 Å². The van der Waals surface area contributed by atoms with Crippen molar-refractivity contribution >= 4 is 15.9 Å². The van der Waals surface area contributed by atoms with Gasteiger partial charge in [-0.15, -0.1) is 0 Å². The van der Waals surface area contributed by atoms with Crippen LogP contribution in [0.4, 0.5) is 0 Å². The largest absolute Gasteiger partial charge is 0.497 e. The first-order chi connectivity index (χ1) is 10.0. The van der Waals surface area contributed by atoms with E-state index in [9.17, 15) is 0 Å². The number of hydrogen-bond donors (Lipinski definition) is 1. The minimum atomic E-state index is -0.0441. The molecule has 21 heavy (non-hydrogen) atoms. The van der Waals surface area contributed by atoms with Crippen molar-refractivity contribution in [2.24, 2.45) is 5.73 Å². The fourth-order valence-electron chi connectivity index (χ4n) is 1.82. The zero-order chi connectivity index (χ0) is 15.4. The predicted octanol–water partition coefficient (Wildman–Crippen LogP) is 4.14. The summed E-state index contributed by atoms with van der Waals surface area (Å²) in [4.78, 5) is 0. The van der Waals surface area contributed by atoms with E-state index >= 15 is 0 Å². The average molecular weight is 347 g/mol. The topological polar surface area (TPSA) is 68.3 Å². The summed E-state index contributed by atoms with van der Waals surface area (Å²) in [7, 11) is 1.55. The lowest BCUT2D eigenvalue weighted by atomic mass is 10.1. The van der Waals surface area contributed by atoms with E-state index in [1.165, 1.54) is 0 Å². The molecule has 0 aliphatic rings. The Labute approximate surface area is 132 Å². The number of ether oxygens (including phenoxy) is 2. The summed E-state index contributed by atoms with van der Waals surface area (Å²) in [5.41, 5.74) is 7.34. The highest BCUT2D eigenvalue weighted by molar-refractivity contribution is 9.10. The zero-order valence-electron chi connectivity index (χ0n) is 11.8. The minimum Gasteiger partial charge on any atom is -0.497 e. The molecule has 0 aromatic heterocycles. The Morgan fingerprint density at radius 1 is 1.19 bits per heavy atom. The second-order valence-electron chi connectivity index (χ2n) is 4.59. The van der Waals surface area contributed by atoms with Gasteiger partial charge in [-0.25, -0.2) is 0 Å². The molecule has 0 saturated carbocycles. The van der Waals surface area contributed by atoms with Gasteiger partial charge in [0, 0.05) is 12.1 Å². The van der Waals surface area contributed by atoms with Crippen molar-refractivity contribution in [2.75, 3.05) is 7.11 Å². The summed E-state index contributed by atoms with van der Waals surface area (Å²) in [5.74, 6) is 1.77. The molecule has 4 nitrogen and oxygen atoms in total. The number of methoxy groups -OCH3 is 1. The summed E-state index contributed by atoms with van der Waals surface area (Å²) < 4.78 is 11.8. The van der Waals surface area contributed by atoms with Crippen LogP contribution in [0.2, 0.25) is 0 Å². The Kier molecular flexibility index (Phi) is 4.84. The van der Waals surface area contributed by atoms with Crippen molar-refractivity contribution in [2.45, 2.75) is 13.0 Å². The van der Waals surface area contributed by atoms with Crippen LogP contribution in [0.3, 0.4) is 0 Å². The summed E-state index contributed by atoms with van der Waals surface area (Å²) in [5, 5.41) is 9.02. The average Bonchev–Trinajstić information content (AvgIpc) is 2.48. The molecular formula is C16H15BrN2O2. The molecule has 0 spiro atoms. The number of nitrogens with zero attached hydrogens (tertiary/aromatic N) is 1. The maximum Gasteiger partial charge on any atom is 0.141 e. The fourth-order valence-corrected chi connectivity index (χ4v) is 2.30. The number of halogens is 1. The number of nitriles is 1. The smallest absolute Gasteiger partial charge is 0.141 e. The third kappa shape index (κ3) is 3.75. The maximum absolute atomic E-state index is 9.02. The molecular weight excluding hydrogens is 332 g/mol. The van der Waals surface area contributed by atoms with Gasteiger partial charge in [0.2, 0.25) is 0 Å². The molecule has 2 aromatic carbocycles. The number of hydrogen-bond acceptors (Lipinski definition) is 4. The molecule has 2 aromatic rings. The number of rotatable bonds is 4. The van der Waals surface area contributed by atoms with Gasteiger partial charge in [0.15, 0.2) is 0 Å². The predicted molar refractivity (Wildman–Crippen MR) is 84.5 cm³/mol. The standard InChI is InChI=1S/C16H15BrN2O2/c1-10(19)12-3-4-16(15(17)7-12)21-14-6-11(9-18)5-13(8-14)20-2/h3-8,10H,19H2,1-2H3/t10-/m0/s1. The van der Waals surface area contributed by atoms with Gasteiger partial charge < -0.3 is 15.2 Å². The molecule has 0 unspecified atom stereocenters. The van der Waals surface area contributed by atoms with Crippen molar-refractivity contribution < 1.29 is 9.47 Å². The highest BCUT2D eigenvalue weighted by Crippen LogP contribution is 2.33. The SMILES string of the molecule is COc1cc(C#N)cc(Oc2ccc([C@H](C)N)cc2Br)c1. The number of nitrogens with two attached hydrogens (primary N) is 1. The number of benzene rings is 2. The lowest BCUT2D eigenvalue weighted by molar-refractivity contribution is 0.408. The highest BCUT2D eigenvalue weighted by atomic mass is 79.9. The van der Waals surface area contributed by atoms with Crippen molar-refractivity contribution in [1.29, 1.82) is 5.26 Å². The molecule has 108 valence electrons. The van der Waals surface area contributed by atoms with Gasteiger partial charge in [0.1, 0.15) is 17.2 Å².